The Morgan fingerprint density at radius 2 is 1.96 bits per heavy atom. The smallest absolute Gasteiger partial charge is 0.339 e. The summed E-state index contributed by atoms with van der Waals surface area (Å²) in [5.41, 5.74) is 5.67. The van der Waals surface area contributed by atoms with E-state index in [4.69, 9.17) is 10.3 Å². The maximum Gasteiger partial charge on any atom is 0.416 e. The van der Waals surface area contributed by atoms with Crippen LogP contribution in [0.5, 0.6) is 0 Å². The molecule has 2 aromatic rings. The first-order valence-electron chi connectivity index (χ1n) is 7.69. The molecule has 0 aliphatic heterocycles. The van der Waals surface area contributed by atoms with Crippen LogP contribution in [0.15, 0.2) is 28.8 Å². The van der Waals surface area contributed by atoms with Gasteiger partial charge in [0.15, 0.2) is 0 Å². The molecule has 1 fully saturated rings. The van der Waals surface area contributed by atoms with Crippen LogP contribution in [0.4, 0.5) is 13.2 Å². The molecule has 2 unspecified atom stereocenters. The van der Waals surface area contributed by atoms with E-state index in [1.165, 1.54) is 12.1 Å². The molecule has 0 radical (unpaired) electrons. The number of halogens is 4. The number of nitrogens with zero attached hydrogens (tertiary/aromatic N) is 2. The second kappa shape index (κ2) is 7.53. The first kappa shape index (κ1) is 18.7. The molecule has 2 atom stereocenters. The van der Waals surface area contributed by atoms with Gasteiger partial charge in [0, 0.05) is 18.0 Å². The van der Waals surface area contributed by atoms with Gasteiger partial charge in [-0.3, -0.25) is 0 Å². The van der Waals surface area contributed by atoms with Gasteiger partial charge in [-0.25, -0.2) is 0 Å². The van der Waals surface area contributed by atoms with Crippen LogP contribution >= 0.6 is 12.4 Å². The van der Waals surface area contributed by atoms with Crippen molar-refractivity contribution in [3.63, 3.8) is 0 Å². The van der Waals surface area contributed by atoms with E-state index in [1.54, 1.807) is 0 Å². The SMILES string of the molecule is Cl.NC1CCCCC1Cc1nc(-c2cccc(C(F)(F)F)c2)no1. The van der Waals surface area contributed by atoms with E-state index in [2.05, 4.69) is 10.1 Å². The fraction of sp³-hybridized carbons (Fsp3) is 0.500. The zero-order valence-electron chi connectivity index (χ0n) is 12.9. The van der Waals surface area contributed by atoms with E-state index in [-0.39, 0.29) is 24.3 Å². The molecule has 0 bridgehead atoms. The van der Waals surface area contributed by atoms with Crippen LogP contribution in [0, 0.1) is 5.92 Å². The molecule has 3 rings (SSSR count). The van der Waals surface area contributed by atoms with Crippen LogP contribution in [0.25, 0.3) is 11.4 Å². The van der Waals surface area contributed by atoms with Gasteiger partial charge in [-0.05, 0) is 30.9 Å². The lowest BCUT2D eigenvalue weighted by molar-refractivity contribution is -0.137. The molecule has 24 heavy (non-hydrogen) atoms. The van der Waals surface area contributed by atoms with Crippen LogP contribution in [-0.4, -0.2) is 16.2 Å². The summed E-state index contributed by atoms with van der Waals surface area (Å²) in [5.74, 6) is 0.897. The van der Waals surface area contributed by atoms with Crippen molar-refractivity contribution in [1.82, 2.24) is 10.1 Å². The zero-order chi connectivity index (χ0) is 16.4. The van der Waals surface area contributed by atoms with E-state index in [1.807, 2.05) is 0 Å². The van der Waals surface area contributed by atoms with Crippen molar-refractivity contribution >= 4 is 12.4 Å². The highest BCUT2D eigenvalue weighted by Crippen LogP contribution is 2.32. The Morgan fingerprint density at radius 1 is 1.21 bits per heavy atom. The van der Waals surface area contributed by atoms with Crippen molar-refractivity contribution in [3.05, 3.63) is 35.7 Å². The molecule has 132 valence electrons. The van der Waals surface area contributed by atoms with Crippen molar-refractivity contribution in [1.29, 1.82) is 0 Å². The van der Waals surface area contributed by atoms with Crippen molar-refractivity contribution in [3.8, 4) is 11.4 Å². The first-order chi connectivity index (χ1) is 10.9. The second-order valence-corrected chi connectivity index (χ2v) is 6.00. The van der Waals surface area contributed by atoms with Crippen LogP contribution in [0.2, 0.25) is 0 Å². The highest BCUT2D eigenvalue weighted by atomic mass is 35.5. The van der Waals surface area contributed by atoms with Gasteiger partial charge in [-0.1, -0.05) is 30.1 Å². The van der Waals surface area contributed by atoms with Gasteiger partial charge in [0.1, 0.15) is 0 Å². The Bertz CT molecular complexity index is 675. The lowest BCUT2D eigenvalue weighted by Crippen LogP contribution is -2.34. The lowest BCUT2D eigenvalue weighted by atomic mass is 9.83. The summed E-state index contributed by atoms with van der Waals surface area (Å²) in [6.45, 7) is 0. The molecule has 1 aliphatic carbocycles. The number of alkyl halides is 3. The monoisotopic (exact) mass is 361 g/mol. The predicted octanol–water partition coefficient (Wildman–Crippen LogP) is 4.24. The number of rotatable bonds is 3. The Hall–Kier alpha value is -1.60. The molecule has 1 aliphatic rings. The molecular formula is C16H19ClF3N3O. The zero-order valence-corrected chi connectivity index (χ0v) is 13.7. The minimum absolute atomic E-state index is 0. The number of nitrogens with two attached hydrogens (primary N) is 1. The Balaban J connectivity index is 0.00000208. The quantitative estimate of drug-likeness (QED) is 0.888. The van der Waals surface area contributed by atoms with Gasteiger partial charge in [-0.15, -0.1) is 12.4 Å². The third-order valence-electron chi connectivity index (χ3n) is 4.32. The molecule has 0 saturated heterocycles. The van der Waals surface area contributed by atoms with E-state index in [0.717, 1.165) is 37.8 Å². The molecule has 1 aromatic carbocycles. The normalized spacial score (nSPS) is 21.3. The van der Waals surface area contributed by atoms with Gasteiger partial charge in [-0.2, -0.15) is 18.2 Å². The van der Waals surface area contributed by atoms with Gasteiger partial charge in [0.2, 0.25) is 11.7 Å². The Labute approximate surface area is 144 Å². The molecule has 0 amide bonds. The maximum absolute atomic E-state index is 12.8. The average molecular weight is 362 g/mol. The highest BCUT2D eigenvalue weighted by Gasteiger charge is 2.31. The molecular weight excluding hydrogens is 343 g/mol. The summed E-state index contributed by atoms with van der Waals surface area (Å²) in [7, 11) is 0. The lowest BCUT2D eigenvalue weighted by Gasteiger charge is -2.27. The summed E-state index contributed by atoms with van der Waals surface area (Å²) < 4.78 is 43.5. The van der Waals surface area contributed by atoms with E-state index in [9.17, 15) is 13.2 Å². The standard InChI is InChI=1S/C16H18F3N3O.ClH/c17-16(18,19)12-6-3-5-11(8-12)15-21-14(23-22-15)9-10-4-1-2-7-13(10)20;/h3,5-6,8,10,13H,1-2,4,7,9,20H2;1H. The summed E-state index contributed by atoms with van der Waals surface area (Å²) in [6.07, 6.45) is 0.455. The van der Waals surface area contributed by atoms with Crippen LogP contribution in [-0.2, 0) is 12.6 Å². The Kier molecular flexibility index (Phi) is 5.87. The second-order valence-electron chi connectivity index (χ2n) is 6.00. The van der Waals surface area contributed by atoms with E-state index >= 15 is 0 Å². The number of hydrogen-bond acceptors (Lipinski definition) is 4. The first-order valence-corrected chi connectivity index (χ1v) is 7.69. The van der Waals surface area contributed by atoms with Crippen molar-refractivity contribution in [2.24, 2.45) is 11.7 Å². The molecule has 1 saturated carbocycles. The Morgan fingerprint density at radius 3 is 2.67 bits per heavy atom. The van der Waals surface area contributed by atoms with Gasteiger partial charge < -0.3 is 10.3 Å². The number of benzene rings is 1. The molecule has 2 N–H and O–H groups in total. The topological polar surface area (TPSA) is 64.9 Å². The third kappa shape index (κ3) is 4.27. The maximum atomic E-state index is 12.8. The van der Waals surface area contributed by atoms with Gasteiger partial charge >= 0.3 is 6.18 Å². The van der Waals surface area contributed by atoms with E-state index < -0.39 is 11.7 Å². The molecule has 0 spiro atoms. The largest absolute Gasteiger partial charge is 0.416 e. The van der Waals surface area contributed by atoms with Crippen molar-refractivity contribution in [2.75, 3.05) is 0 Å². The van der Waals surface area contributed by atoms with Crippen LogP contribution in [0.3, 0.4) is 0 Å². The van der Waals surface area contributed by atoms with Crippen molar-refractivity contribution < 1.29 is 17.7 Å². The minimum atomic E-state index is -4.39. The summed E-state index contributed by atoms with van der Waals surface area (Å²) in [5, 5.41) is 3.81. The molecule has 8 heteroatoms. The highest BCUT2D eigenvalue weighted by molar-refractivity contribution is 5.85. The fourth-order valence-electron chi connectivity index (χ4n) is 3.00. The summed E-state index contributed by atoms with van der Waals surface area (Å²) in [4.78, 5) is 4.23. The molecule has 1 heterocycles. The molecule has 1 aromatic heterocycles. The van der Waals surface area contributed by atoms with Crippen LogP contribution in [0.1, 0.15) is 37.1 Å². The summed E-state index contributed by atoms with van der Waals surface area (Å²) >= 11 is 0. The minimum Gasteiger partial charge on any atom is -0.339 e. The predicted molar refractivity (Wildman–Crippen MR) is 85.6 cm³/mol. The molecule has 4 nitrogen and oxygen atoms in total. The third-order valence-corrected chi connectivity index (χ3v) is 4.32. The average Bonchev–Trinajstić information content (AvgIpc) is 2.98. The van der Waals surface area contributed by atoms with E-state index in [0.29, 0.717) is 23.8 Å². The number of aromatic nitrogens is 2. The van der Waals surface area contributed by atoms with Gasteiger partial charge in [0.05, 0.1) is 5.56 Å². The van der Waals surface area contributed by atoms with Crippen molar-refractivity contribution in [2.45, 2.75) is 44.3 Å². The van der Waals surface area contributed by atoms with Crippen LogP contribution < -0.4 is 5.73 Å². The summed E-state index contributed by atoms with van der Waals surface area (Å²) in [6, 6.07) is 5.04. The fourth-order valence-corrected chi connectivity index (χ4v) is 3.00. The number of hydrogen-bond donors (Lipinski definition) is 1. The van der Waals surface area contributed by atoms with Gasteiger partial charge in [0.25, 0.3) is 0 Å².